The van der Waals surface area contributed by atoms with Crippen LogP contribution in [0.4, 0.5) is 4.39 Å². The van der Waals surface area contributed by atoms with Crippen molar-refractivity contribution in [2.75, 3.05) is 26.8 Å². The molecule has 1 aliphatic rings. The molecule has 0 radical (unpaired) electrons. The van der Waals surface area contributed by atoms with Gasteiger partial charge < -0.3 is 15.0 Å². The van der Waals surface area contributed by atoms with E-state index in [-0.39, 0.29) is 35.9 Å². The van der Waals surface area contributed by atoms with Crippen molar-refractivity contribution in [1.29, 1.82) is 0 Å². The lowest BCUT2D eigenvalue weighted by Gasteiger charge is -2.32. The summed E-state index contributed by atoms with van der Waals surface area (Å²) >= 11 is 5.94. The molecule has 1 aromatic carbocycles. The number of hydrogen-bond acceptors (Lipinski definition) is 3. The van der Waals surface area contributed by atoms with E-state index in [1.165, 1.54) is 19.2 Å². The zero-order valence-corrected chi connectivity index (χ0v) is 13.7. The summed E-state index contributed by atoms with van der Waals surface area (Å²) in [6.07, 6.45) is 1.52. The minimum atomic E-state index is -0.412. The Morgan fingerprint density at radius 3 is 2.96 bits per heavy atom. The van der Waals surface area contributed by atoms with Crippen molar-refractivity contribution < 1.29 is 18.7 Å². The van der Waals surface area contributed by atoms with Crippen LogP contribution in [0.1, 0.15) is 18.4 Å². The SMILES string of the molecule is COCC(=O)N1CCC[C@H](C(=O)NCc2ccc(F)cc2Cl)C1. The van der Waals surface area contributed by atoms with Crippen LogP contribution in [0.3, 0.4) is 0 Å². The van der Waals surface area contributed by atoms with Gasteiger partial charge in [0, 0.05) is 31.8 Å². The molecule has 0 spiro atoms. The molecule has 1 N–H and O–H groups in total. The second-order valence-corrected chi connectivity index (χ2v) is 5.97. The molecule has 0 unspecified atom stereocenters. The number of hydrogen-bond donors (Lipinski definition) is 1. The highest BCUT2D eigenvalue weighted by Crippen LogP contribution is 2.19. The van der Waals surface area contributed by atoms with E-state index < -0.39 is 5.82 Å². The fourth-order valence-electron chi connectivity index (χ4n) is 2.62. The molecule has 7 heteroatoms. The molecule has 0 aromatic heterocycles. The second kappa shape index (κ2) is 8.26. The summed E-state index contributed by atoms with van der Waals surface area (Å²) in [7, 11) is 1.47. The number of rotatable bonds is 5. The maximum Gasteiger partial charge on any atom is 0.248 e. The number of carbonyl (C=O) groups excluding carboxylic acids is 2. The summed E-state index contributed by atoms with van der Waals surface area (Å²) in [5.41, 5.74) is 0.657. The third-order valence-electron chi connectivity index (χ3n) is 3.88. The molecule has 1 saturated heterocycles. The number of nitrogens with one attached hydrogen (secondary N) is 1. The standard InChI is InChI=1S/C16H20ClFN2O3/c1-23-10-15(21)20-6-2-3-12(9-20)16(22)19-8-11-4-5-13(18)7-14(11)17/h4-5,7,12H,2-3,6,8-10H2,1H3,(H,19,22)/t12-/m0/s1. The second-order valence-electron chi connectivity index (χ2n) is 5.57. The Morgan fingerprint density at radius 2 is 2.26 bits per heavy atom. The van der Waals surface area contributed by atoms with E-state index in [9.17, 15) is 14.0 Å². The van der Waals surface area contributed by atoms with Gasteiger partial charge in [-0.15, -0.1) is 0 Å². The molecule has 1 atom stereocenters. The monoisotopic (exact) mass is 342 g/mol. The first-order chi connectivity index (χ1) is 11.0. The zero-order chi connectivity index (χ0) is 16.8. The first kappa shape index (κ1) is 17.7. The number of likely N-dealkylation sites (tertiary alicyclic amines) is 1. The van der Waals surface area contributed by atoms with Gasteiger partial charge in [-0.2, -0.15) is 0 Å². The molecule has 2 amide bonds. The van der Waals surface area contributed by atoms with E-state index in [1.54, 1.807) is 11.0 Å². The Hall–Kier alpha value is -1.66. The smallest absolute Gasteiger partial charge is 0.248 e. The molecule has 1 aromatic rings. The molecule has 1 fully saturated rings. The van der Waals surface area contributed by atoms with Gasteiger partial charge in [0.25, 0.3) is 0 Å². The Labute approximate surface area is 139 Å². The number of piperidine rings is 1. The minimum Gasteiger partial charge on any atom is -0.375 e. The summed E-state index contributed by atoms with van der Waals surface area (Å²) in [5, 5.41) is 3.09. The molecule has 126 valence electrons. The topological polar surface area (TPSA) is 58.6 Å². The number of benzene rings is 1. The van der Waals surface area contributed by atoms with Gasteiger partial charge in [-0.05, 0) is 30.5 Å². The van der Waals surface area contributed by atoms with E-state index >= 15 is 0 Å². The van der Waals surface area contributed by atoms with Crippen LogP contribution in [0.15, 0.2) is 18.2 Å². The van der Waals surface area contributed by atoms with E-state index in [0.717, 1.165) is 12.8 Å². The average Bonchev–Trinajstić information content (AvgIpc) is 2.54. The summed E-state index contributed by atoms with van der Waals surface area (Å²) in [4.78, 5) is 25.8. The van der Waals surface area contributed by atoms with Gasteiger partial charge in [0.1, 0.15) is 12.4 Å². The molecular formula is C16H20ClFN2O3. The van der Waals surface area contributed by atoms with Crippen LogP contribution in [0, 0.1) is 11.7 Å². The Bertz CT molecular complexity index is 582. The lowest BCUT2D eigenvalue weighted by Crippen LogP contribution is -2.46. The normalized spacial score (nSPS) is 17.9. The summed E-state index contributed by atoms with van der Waals surface area (Å²) in [6, 6.07) is 4.07. The highest BCUT2D eigenvalue weighted by molar-refractivity contribution is 6.31. The van der Waals surface area contributed by atoms with Crippen molar-refractivity contribution in [2.45, 2.75) is 19.4 Å². The number of amides is 2. The van der Waals surface area contributed by atoms with Gasteiger partial charge in [0.2, 0.25) is 11.8 Å². The van der Waals surface area contributed by atoms with E-state index in [2.05, 4.69) is 5.32 Å². The largest absolute Gasteiger partial charge is 0.375 e. The number of methoxy groups -OCH3 is 1. The predicted octanol–water partition coefficient (Wildman–Crippen LogP) is 1.98. The Kier molecular flexibility index (Phi) is 6.36. The fraction of sp³-hybridized carbons (Fsp3) is 0.500. The van der Waals surface area contributed by atoms with E-state index in [0.29, 0.717) is 18.7 Å². The van der Waals surface area contributed by atoms with Crippen LogP contribution in [0.2, 0.25) is 5.02 Å². The third kappa shape index (κ3) is 4.91. The van der Waals surface area contributed by atoms with Crippen molar-refractivity contribution >= 4 is 23.4 Å². The molecule has 2 rings (SSSR count). The molecule has 23 heavy (non-hydrogen) atoms. The van der Waals surface area contributed by atoms with Crippen LogP contribution in [-0.4, -0.2) is 43.5 Å². The van der Waals surface area contributed by atoms with Gasteiger partial charge in [0.15, 0.2) is 0 Å². The van der Waals surface area contributed by atoms with Crippen LogP contribution < -0.4 is 5.32 Å². The van der Waals surface area contributed by atoms with Crippen molar-refractivity contribution in [3.63, 3.8) is 0 Å². The molecule has 0 aliphatic carbocycles. The first-order valence-electron chi connectivity index (χ1n) is 7.49. The van der Waals surface area contributed by atoms with Crippen LogP contribution in [0.5, 0.6) is 0 Å². The van der Waals surface area contributed by atoms with Gasteiger partial charge in [-0.3, -0.25) is 9.59 Å². The number of ether oxygens (including phenoxy) is 1. The molecule has 1 aliphatic heterocycles. The van der Waals surface area contributed by atoms with Crippen LogP contribution in [-0.2, 0) is 20.9 Å². The van der Waals surface area contributed by atoms with Gasteiger partial charge >= 0.3 is 0 Å². The van der Waals surface area contributed by atoms with Gasteiger partial charge in [-0.1, -0.05) is 17.7 Å². The lowest BCUT2D eigenvalue weighted by molar-refractivity contribution is -0.139. The lowest BCUT2D eigenvalue weighted by atomic mass is 9.97. The quantitative estimate of drug-likeness (QED) is 0.890. The fourth-order valence-corrected chi connectivity index (χ4v) is 2.86. The summed E-state index contributed by atoms with van der Waals surface area (Å²) in [5.74, 6) is -0.889. The van der Waals surface area contributed by atoms with E-state index in [1.807, 2.05) is 0 Å². The van der Waals surface area contributed by atoms with Crippen molar-refractivity contribution in [3.05, 3.63) is 34.6 Å². The highest BCUT2D eigenvalue weighted by atomic mass is 35.5. The summed E-state index contributed by atoms with van der Waals surface area (Å²) < 4.78 is 17.8. The zero-order valence-electron chi connectivity index (χ0n) is 13.0. The third-order valence-corrected chi connectivity index (χ3v) is 4.23. The first-order valence-corrected chi connectivity index (χ1v) is 7.87. The van der Waals surface area contributed by atoms with Crippen molar-refractivity contribution in [3.8, 4) is 0 Å². The van der Waals surface area contributed by atoms with Crippen molar-refractivity contribution in [2.24, 2.45) is 5.92 Å². The average molecular weight is 343 g/mol. The maximum absolute atomic E-state index is 13.0. The highest BCUT2D eigenvalue weighted by Gasteiger charge is 2.28. The molecule has 1 heterocycles. The Balaban J connectivity index is 1.88. The number of nitrogens with zero attached hydrogens (tertiary/aromatic N) is 1. The minimum absolute atomic E-state index is 0.0273. The van der Waals surface area contributed by atoms with E-state index in [4.69, 9.17) is 16.3 Å². The molecule has 5 nitrogen and oxygen atoms in total. The van der Waals surface area contributed by atoms with Gasteiger partial charge in [0.05, 0.1) is 5.92 Å². The Morgan fingerprint density at radius 1 is 1.48 bits per heavy atom. The van der Waals surface area contributed by atoms with Crippen LogP contribution >= 0.6 is 11.6 Å². The number of halogens is 2. The number of carbonyl (C=O) groups is 2. The molecular weight excluding hydrogens is 323 g/mol. The maximum atomic E-state index is 13.0. The molecule has 0 saturated carbocycles. The van der Waals surface area contributed by atoms with Gasteiger partial charge in [-0.25, -0.2) is 4.39 Å². The summed E-state index contributed by atoms with van der Waals surface area (Å²) in [6.45, 7) is 1.31. The van der Waals surface area contributed by atoms with Crippen molar-refractivity contribution in [1.82, 2.24) is 10.2 Å². The van der Waals surface area contributed by atoms with Crippen LogP contribution in [0.25, 0.3) is 0 Å². The predicted molar refractivity (Wildman–Crippen MR) is 84.4 cm³/mol. The molecule has 0 bridgehead atoms.